The third-order valence-electron chi connectivity index (χ3n) is 4.52. The number of nitrogens with one attached hydrogen (secondary N) is 1. The summed E-state index contributed by atoms with van der Waals surface area (Å²) in [4.78, 5) is 4.60. The van der Waals surface area contributed by atoms with Gasteiger partial charge in [0.2, 0.25) is 5.89 Å². The van der Waals surface area contributed by atoms with E-state index in [-0.39, 0.29) is 0 Å². The summed E-state index contributed by atoms with van der Waals surface area (Å²) in [6.45, 7) is 0. The van der Waals surface area contributed by atoms with Crippen LogP contribution in [0.15, 0.2) is 71.1 Å². The van der Waals surface area contributed by atoms with Gasteiger partial charge < -0.3 is 10.2 Å². The lowest BCUT2D eigenvalue weighted by Gasteiger charge is -2.01. The van der Waals surface area contributed by atoms with E-state index in [4.69, 9.17) is 10.2 Å². The SMILES string of the molecule is Nc1ccc2oc(-c3ccccc3/C=C/c3n[nH]c4ccccc34)nc2c1. The highest BCUT2D eigenvalue weighted by Crippen LogP contribution is 2.29. The molecule has 5 aromatic rings. The van der Waals surface area contributed by atoms with Crippen LogP contribution in [0.3, 0.4) is 0 Å². The molecule has 0 aliphatic carbocycles. The molecule has 3 aromatic carbocycles. The molecule has 5 rings (SSSR count). The van der Waals surface area contributed by atoms with E-state index in [1.54, 1.807) is 0 Å². The van der Waals surface area contributed by atoms with E-state index in [2.05, 4.69) is 21.2 Å². The number of anilines is 1. The largest absolute Gasteiger partial charge is 0.436 e. The van der Waals surface area contributed by atoms with Crippen LogP contribution in [-0.2, 0) is 0 Å². The van der Waals surface area contributed by atoms with Crippen LogP contribution < -0.4 is 5.73 Å². The minimum absolute atomic E-state index is 0.572. The molecule has 0 saturated heterocycles. The van der Waals surface area contributed by atoms with Crippen molar-refractivity contribution in [1.29, 1.82) is 0 Å². The van der Waals surface area contributed by atoms with Gasteiger partial charge in [-0.15, -0.1) is 0 Å². The van der Waals surface area contributed by atoms with Gasteiger partial charge >= 0.3 is 0 Å². The smallest absolute Gasteiger partial charge is 0.227 e. The summed E-state index contributed by atoms with van der Waals surface area (Å²) in [5.74, 6) is 0.572. The number of oxazole rings is 1. The van der Waals surface area contributed by atoms with Crippen molar-refractivity contribution in [3.63, 3.8) is 0 Å². The molecule has 0 radical (unpaired) electrons. The number of aromatic nitrogens is 3. The highest BCUT2D eigenvalue weighted by atomic mass is 16.3. The van der Waals surface area contributed by atoms with E-state index in [1.165, 1.54) is 0 Å². The molecule has 0 saturated carbocycles. The summed E-state index contributed by atoms with van der Waals surface area (Å²) in [6.07, 6.45) is 4.03. The molecule has 27 heavy (non-hydrogen) atoms. The minimum atomic E-state index is 0.572. The molecular weight excluding hydrogens is 336 g/mol. The first-order valence-electron chi connectivity index (χ1n) is 8.64. The number of nitrogens with two attached hydrogens (primary N) is 1. The molecule has 0 unspecified atom stereocenters. The van der Waals surface area contributed by atoms with Crippen molar-refractivity contribution in [3.8, 4) is 11.5 Å². The highest BCUT2D eigenvalue weighted by molar-refractivity contribution is 5.90. The quantitative estimate of drug-likeness (QED) is 0.441. The Morgan fingerprint density at radius 2 is 1.78 bits per heavy atom. The topological polar surface area (TPSA) is 80.7 Å². The summed E-state index contributed by atoms with van der Waals surface area (Å²) < 4.78 is 5.93. The Bertz CT molecular complexity index is 1300. The molecule has 130 valence electrons. The number of nitrogens with zero attached hydrogens (tertiary/aromatic N) is 2. The summed E-state index contributed by atoms with van der Waals surface area (Å²) in [6, 6.07) is 21.5. The maximum atomic E-state index is 5.93. The Balaban J connectivity index is 1.57. The monoisotopic (exact) mass is 352 g/mol. The molecule has 0 atom stereocenters. The van der Waals surface area contributed by atoms with Crippen molar-refractivity contribution < 1.29 is 4.42 Å². The molecule has 0 aliphatic rings. The Morgan fingerprint density at radius 3 is 2.74 bits per heavy atom. The number of H-pyrrole nitrogens is 1. The maximum absolute atomic E-state index is 5.93. The average Bonchev–Trinajstić information content (AvgIpc) is 3.30. The summed E-state index contributed by atoms with van der Waals surface area (Å²) in [5.41, 5.74) is 11.8. The van der Waals surface area contributed by atoms with Gasteiger partial charge in [0.1, 0.15) is 5.52 Å². The zero-order chi connectivity index (χ0) is 18.2. The second-order valence-electron chi connectivity index (χ2n) is 6.32. The van der Waals surface area contributed by atoms with Gasteiger partial charge in [-0.1, -0.05) is 42.5 Å². The standard InChI is InChI=1S/C22H16N4O/c23-15-10-12-21-20(13-15)24-22(27-21)16-6-2-1-5-14(16)9-11-19-17-7-3-4-8-18(17)25-26-19/h1-13H,23H2,(H,25,26)/b11-9+. The van der Waals surface area contributed by atoms with Gasteiger partial charge in [-0.2, -0.15) is 5.10 Å². The molecular formula is C22H16N4O. The van der Waals surface area contributed by atoms with E-state index in [9.17, 15) is 0 Å². The van der Waals surface area contributed by atoms with Crippen molar-refractivity contribution >= 4 is 39.8 Å². The van der Waals surface area contributed by atoms with Crippen LogP contribution in [-0.4, -0.2) is 15.2 Å². The van der Waals surface area contributed by atoms with Gasteiger partial charge in [-0.25, -0.2) is 4.98 Å². The lowest BCUT2D eigenvalue weighted by atomic mass is 10.1. The van der Waals surface area contributed by atoms with Gasteiger partial charge in [0, 0.05) is 16.6 Å². The van der Waals surface area contributed by atoms with Gasteiger partial charge in [0.15, 0.2) is 5.58 Å². The van der Waals surface area contributed by atoms with Crippen molar-refractivity contribution in [2.24, 2.45) is 0 Å². The lowest BCUT2D eigenvalue weighted by molar-refractivity contribution is 0.619. The fraction of sp³-hybridized carbons (Fsp3) is 0. The van der Waals surface area contributed by atoms with E-state index in [0.717, 1.165) is 38.8 Å². The first kappa shape index (κ1) is 15.4. The second-order valence-corrected chi connectivity index (χ2v) is 6.32. The normalized spacial score (nSPS) is 11.7. The zero-order valence-corrected chi connectivity index (χ0v) is 14.4. The van der Waals surface area contributed by atoms with Crippen LogP contribution in [0.1, 0.15) is 11.3 Å². The summed E-state index contributed by atoms with van der Waals surface area (Å²) in [5, 5.41) is 8.53. The number of nitrogen functional groups attached to an aromatic ring is 1. The molecule has 5 nitrogen and oxygen atoms in total. The number of benzene rings is 3. The van der Waals surface area contributed by atoms with Crippen molar-refractivity contribution in [3.05, 3.63) is 78.0 Å². The minimum Gasteiger partial charge on any atom is -0.436 e. The predicted octanol–water partition coefficient (Wildman–Crippen LogP) is 5.12. The Labute approximate surface area is 155 Å². The number of para-hydroxylation sites is 1. The molecule has 0 fully saturated rings. The first-order valence-corrected chi connectivity index (χ1v) is 8.64. The Hall–Kier alpha value is -3.86. The van der Waals surface area contributed by atoms with E-state index >= 15 is 0 Å². The fourth-order valence-corrected chi connectivity index (χ4v) is 3.18. The number of aromatic amines is 1. The highest BCUT2D eigenvalue weighted by Gasteiger charge is 2.11. The van der Waals surface area contributed by atoms with E-state index in [1.807, 2.05) is 72.8 Å². The molecule has 2 heterocycles. The Kier molecular flexibility index (Phi) is 3.50. The van der Waals surface area contributed by atoms with Gasteiger partial charge in [0.25, 0.3) is 0 Å². The Morgan fingerprint density at radius 1 is 0.926 bits per heavy atom. The van der Waals surface area contributed by atoms with E-state index in [0.29, 0.717) is 11.6 Å². The first-order chi connectivity index (χ1) is 13.3. The average molecular weight is 352 g/mol. The lowest BCUT2D eigenvalue weighted by Crippen LogP contribution is -1.84. The number of rotatable bonds is 3. The number of hydrogen-bond donors (Lipinski definition) is 2. The van der Waals surface area contributed by atoms with Crippen LogP contribution in [0, 0.1) is 0 Å². The molecule has 2 aromatic heterocycles. The van der Waals surface area contributed by atoms with Gasteiger partial charge in [-0.3, -0.25) is 5.10 Å². The van der Waals surface area contributed by atoms with Gasteiger partial charge in [0.05, 0.1) is 11.2 Å². The van der Waals surface area contributed by atoms with Gasteiger partial charge in [-0.05, 0) is 42.0 Å². The third-order valence-corrected chi connectivity index (χ3v) is 4.52. The molecule has 0 aliphatic heterocycles. The molecule has 0 bridgehead atoms. The third kappa shape index (κ3) is 2.75. The van der Waals surface area contributed by atoms with Crippen molar-refractivity contribution in [2.45, 2.75) is 0 Å². The summed E-state index contributed by atoms with van der Waals surface area (Å²) in [7, 11) is 0. The van der Waals surface area contributed by atoms with Crippen LogP contribution in [0.2, 0.25) is 0 Å². The van der Waals surface area contributed by atoms with Crippen molar-refractivity contribution in [1.82, 2.24) is 15.2 Å². The molecule has 3 N–H and O–H groups in total. The summed E-state index contributed by atoms with van der Waals surface area (Å²) >= 11 is 0. The molecule has 0 amide bonds. The maximum Gasteiger partial charge on any atom is 0.227 e. The number of hydrogen-bond acceptors (Lipinski definition) is 4. The van der Waals surface area contributed by atoms with E-state index < -0.39 is 0 Å². The zero-order valence-electron chi connectivity index (χ0n) is 14.4. The van der Waals surface area contributed by atoms with Crippen LogP contribution in [0.25, 0.3) is 45.6 Å². The van der Waals surface area contributed by atoms with Crippen LogP contribution in [0.5, 0.6) is 0 Å². The van der Waals surface area contributed by atoms with Crippen LogP contribution in [0.4, 0.5) is 5.69 Å². The van der Waals surface area contributed by atoms with Crippen molar-refractivity contribution in [2.75, 3.05) is 5.73 Å². The molecule has 5 heteroatoms. The second kappa shape index (κ2) is 6.14. The number of fused-ring (bicyclic) bond motifs is 2. The predicted molar refractivity (Wildman–Crippen MR) is 109 cm³/mol. The fourth-order valence-electron chi connectivity index (χ4n) is 3.18. The molecule has 0 spiro atoms. The van der Waals surface area contributed by atoms with Crippen LogP contribution >= 0.6 is 0 Å².